The molecule has 0 aliphatic rings. The summed E-state index contributed by atoms with van der Waals surface area (Å²) in [5.41, 5.74) is 0.511. The van der Waals surface area contributed by atoms with E-state index in [2.05, 4.69) is 26.0 Å². The molecule has 66 valence electrons. The van der Waals surface area contributed by atoms with Crippen molar-refractivity contribution in [3.8, 4) is 5.69 Å². The minimum Gasteiger partial charge on any atom is -0.295 e. The lowest BCUT2D eigenvalue weighted by Gasteiger charge is -1.97. The van der Waals surface area contributed by atoms with Crippen LogP contribution in [0.3, 0.4) is 0 Å². The minimum atomic E-state index is -0.234. The van der Waals surface area contributed by atoms with E-state index in [4.69, 9.17) is 0 Å². The highest BCUT2D eigenvalue weighted by atomic mass is 79.9. The second-order valence-corrected chi connectivity index (χ2v) is 3.40. The average molecular weight is 240 g/mol. The first-order valence-corrected chi connectivity index (χ1v) is 4.45. The van der Waals surface area contributed by atoms with Gasteiger partial charge >= 0.3 is 5.69 Å². The van der Waals surface area contributed by atoms with Crippen LogP contribution >= 0.6 is 15.9 Å². The van der Waals surface area contributed by atoms with Gasteiger partial charge in [0.1, 0.15) is 6.33 Å². The molecule has 0 atom stereocenters. The van der Waals surface area contributed by atoms with Crippen LogP contribution in [-0.4, -0.2) is 14.8 Å². The smallest absolute Gasteiger partial charge is 0.295 e. The summed E-state index contributed by atoms with van der Waals surface area (Å²) in [7, 11) is 0. The topological polar surface area (TPSA) is 50.7 Å². The van der Waals surface area contributed by atoms with Crippen LogP contribution in [-0.2, 0) is 0 Å². The molecule has 1 aromatic heterocycles. The van der Waals surface area contributed by atoms with Gasteiger partial charge in [0, 0.05) is 4.47 Å². The molecule has 2 aromatic rings. The molecule has 0 saturated heterocycles. The quantitative estimate of drug-likeness (QED) is 0.817. The molecule has 5 heteroatoms. The Morgan fingerprint density at radius 1 is 1.31 bits per heavy atom. The van der Waals surface area contributed by atoms with E-state index in [9.17, 15) is 4.79 Å². The molecule has 0 aliphatic carbocycles. The van der Waals surface area contributed by atoms with E-state index in [0.29, 0.717) is 0 Å². The summed E-state index contributed by atoms with van der Waals surface area (Å²) in [5.74, 6) is 0. The molecule has 0 spiro atoms. The Labute approximate surface area is 82.3 Å². The third kappa shape index (κ3) is 1.55. The Morgan fingerprint density at radius 2 is 2.00 bits per heavy atom. The summed E-state index contributed by atoms with van der Waals surface area (Å²) in [6.07, 6.45) is 1.37. The number of H-pyrrole nitrogens is 1. The summed E-state index contributed by atoms with van der Waals surface area (Å²) >= 11 is 3.31. The first kappa shape index (κ1) is 8.25. The van der Waals surface area contributed by atoms with Crippen molar-refractivity contribution in [3.63, 3.8) is 0 Å². The lowest BCUT2D eigenvalue weighted by Crippen LogP contribution is -2.15. The summed E-state index contributed by atoms with van der Waals surface area (Å²) in [6.45, 7) is 0. The predicted octanol–water partition coefficient (Wildman–Crippen LogP) is 1.32. The van der Waals surface area contributed by atoms with Crippen LogP contribution in [0.4, 0.5) is 0 Å². The fourth-order valence-electron chi connectivity index (χ4n) is 1.02. The molecule has 0 aliphatic heterocycles. The van der Waals surface area contributed by atoms with Crippen molar-refractivity contribution >= 4 is 15.9 Å². The zero-order valence-electron chi connectivity index (χ0n) is 6.57. The van der Waals surface area contributed by atoms with Crippen LogP contribution in [0.5, 0.6) is 0 Å². The van der Waals surface area contributed by atoms with Gasteiger partial charge in [0.05, 0.1) is 5.69 Å². The second-order valence-electron chi connectivity index (χ2n) is 2.48. The van der Waals surface area contributed by atoms with E-state index in [1.165, 1.54) is 11.0 Å². The largest absolute Gasteiger partial charge is 0.347 e. The molecular weight excluding hydrogens is 234 g/mol. The Morgan fingerprint density at radius 3 is 2.54 bits per heavy atom. The highest BCUT2D eigenvalue weighted by Crippen LogP contribution is 2.11. The average Bonchev–Trinajstić information content (AvgIpc) is 2.53. The van der Waals surface area contributed by atoms with Gasteiger partial charge in [0.15, 0.2) is 0 Å². The predicted molar refractivity (Wildman–Crippen MR) is 51.9 cm³/mol. The molecule has 0 amide bonds. The molecule has 0 radical (unpaired) electrons. The number of aromatic amines is 1. The van der Waals surface area contributed by atoms with Gasteiger partial charge in [0.25, 0.3) is 0 Å². The summed E-state index contributed by atoms with van der Waals surface area (Å²) in [6, 6.07) is 7.34. The number of aromatic nitrogens is 3. The third-order valence-corrected chi connectivity index (χ3v) is 2.15. The van der Waals surface area contributed by atoms with Crippen LogP contribution in [0.15, 0.2) is 39.9 Å². The minimum absolute atomic E-state index is 0.234. The van der Waals surface area contributed by atoms with E-state index >= 15 is 0 Å². The molecule has 0 bridgehead atoms. The fraction of sp³-hybridized carbons (Fsp3) is 0. The monoisotopic (exact) mass is 239 g/mol. The van der Waals surface area contributed by atoms with Crippen molar-refractivity contribution in [2.45, 2.75) is 0 Å². The van der Waals surface area contributed by atoms with Crippen LogP contribution in [0.1, 0.15) is 0 Å². The maximum absolute atomic E-state index is 11.1. The van der Waals surface area contributed by atoms with Crippen LogP contribution in [0, 0.1) is 0 Å². The van der Waals surface area contributed by atoms with E-state index < -0.39 is 0 Å². The molecule has 4 nitrogen and oxygen atoms in total. The van der Waals surface area contributed by atoms with Crippen LogP contribution in [0.25, 0.3) is 5.69 Å². The Kier molecular flexibility index (Phi) is 2.02. The van der Waals surface area contributed by atoms with Gasteiger partial charge in [-0.3, -0.25) is 4.98 Å². The number of hydrogen-bond acceptors (Lipinski definition) is 2. The van der Waals surface area contributed by atoms with Crippen molar-refractivity contribution in [1.82, 2.24) is 14.8 Å². The van der Waals surface area contributed by atoms with Crippen molar-refractivity contribution in [1.29, 1.82) is 0 Å². The van der Waals surface area contributed by atoms with Gasteiger partial charge in [-0.2, -0.15) is 9.78 Å². The lowest BCUT2D eigenvalue weighted by atomic mass is 10.3. The van der Waals surface area contributed by atoms with Gasteiger partial charge in [0.2, 0.25) is 0 Å². The first-order valence-electron chi connectivity index (χ1n) is 3.66. The molecule has 1 heterocycles. The van der Waals surface area contributed by atoms with E-state index in [0.717, 1.165) is 10.2 Å². The van der Waals surface area contributed by atoms with E-state index in [1.807, 2.05) is 24.3 Å². The van der Waals surface area contributed by atoms with E-state index in [1.54, 1.807) is 0 Å². The highest BCUT2D eigenvalue weighted by Gasteiger charge is 1.99. The molecule has 13 heavy (non-hydrogen) atoms. The lowest BCUT2D eigenvalue weighted by molar-refractivity contribution is 0.842. The Bertz CT molecular complexity index is 457. The van der Waals surface area contributed by atoms with Gasteiger partial charge in [-0.25, -0.2) is 4.79 Å². The van der Waals surface area contributed by atoms with Crippen molar-refractivity contribution in [2.75, 3.05) is 0 Å². The molecule has 1 N–H and O–H groups in total. The molecule has 1 aromatic carbocycles. The maximum Gasteiger partial charge on any atom is 0.347 e. The standard InChI is InChI=1S/C8H6BrN3O/c9-6-1-3-7(4-2-6)12-8(13)10-5-11-12/h1-5H,(H,10,11,13). The SMILES string of the molecule is O=c1[nH]cnn1-c1ccc(Br)cc1. The fourth-order valence-corrected chi connectivity index (χ4v) is 1.29. The van der Waals surface area contributed by atoms with E-state index in [-0.39, 0.29) is 5.69 Å². The third-order valence-electron chi connectivity index (χ3n) is 1.62. The summed E-state index contributed by atoms with van der Waals surface area (Å²) < 4.78 is 2.27. The van der Waals surface area contributed by atoms with Crippen LogP contribution in [0.2, 0.25) is 0 Å². The molecule has 0 saturated carbocycles. The zero-order valence-corrected chi connectivity index (χ0v) is 8.15. The summed E-state index contributed by atoms with van der Waals surface area (Å²) in [5, 5.41) is 3.85. The van der Waals surface area contributed by atoms with Gasteiger partial charge in [-0.1, -0.05) is 15.9 Å². The van der Waals surface area contributed by atoms with Crippen LogP contribution < -0.4 is 5.69 Å². The number of halogens is 1. The summed E-state index contributed by atoms with van der Waals surface area (Å²) in [4.78, 5) is 13.6. The highest BCUT2D eigenvalue weighted by molar-refractivity contribution is 9.10. The second kappa shape index (κ2) is 3.18. The molecular formula is C8H6BrN3O. The number of nitrogens with one attached hydrogen (secondary N) is 1. The number of nitrogens with zero attached hydrogens (tertiary/aromatic N) is 2. The van der Waals surface area contributed by atoms with Crippen molar-refractivity contribution < 1.29 is 0 Å². The molecule has 2 rings (SSSR count). The van der Waals surface area contributed by atoms with Crippen molar-refractivity contribution in [2.24, 2.45) is 0 Å². The number of hydrogen-bond donors (Lipinski definition) is 1. The Hall–Kier alpha value is -1.36. The maximum atomic E-state index is 11.1. The zero-order chi connectivity index (χ0) is 9.26. The van der Waals surface area contributed by atoms with Gasteiger partial charge in [-0.15, -0.1) is 0 Å². The molecule has 0 fully saturated rings. The number of rotatable bonds is 1. The normalized spacial score (nSPS) is 10.2. The number of benzene rings is 1. The van der Waals surface area contributed by atoms with Gasteiger partial charge < -0.3 is 0 Å². The molecule has 0 unspecified atom stereocenters. The van der Waals surface area contributed by atoms with Gasteiger partial charge in [-0.05, 0) is 24.3 Å². The van der Waals surface area contributed by atoms with Crippen molar-refractivity contribution in [3.05, 3.63) is 45.5 Å². The Balaban J connectivity index is 2.54. The first-order chi connectivity index (χ1) is 6.27.